The third kappa shape index (κ3) is 3.13. The number of nitrogens with one attached hydrogen (secondary N) is 1. The summed E-state index contributed by atoms with van der Waals surface area (Å²) in [7, 11) is 3.39. The highest BCUT2D eigenvalue weighted by atomic mass is 16.1. The first-order valence-electron chi connectivity index (χ1n) is 5.57. The Morgan fingerprint density at radius 1 is 1.39 bits per heavy atom. The highest BCUT2D eigenvalue weighted by molar-refractivity contribution is 6.00. The van der Waals surface area contributed by atoms with Crippen molar-refractivity contribution in [1.82, 2.24) is 5.32 Å². The van der Waals surface area contributed by atoms with Crippen LogP contribution in [0.4, 0.5) is 11.4 Å². The largest absolute Gasteiger partial charge is 0.396 e. The second-order valence-electron chi connectivity index (χ2n) is 3.95. The number of nitrogens with two attached hydrogens (primary N) is 2. The molecule has 0 saturated heterocycles. The molecule has 18 heavy (non-hydrogen) atoms. The minimum atomic E-state index is -0.561. The lowest BCUT2D eigenvalue weighted by Gasteiger charge is -2.21. The molecule has 0 aliphatic carbocycles. The Labute approximate surface area is 106 Å². The first-order chi connectivity index (χ1) is 8.47. The first-order valence-corrected chi connectivity index (χ1v) is 5.57. The fourth-order valence-electron chi connectivity index (χ4n) is 1.62. The Bertz CT molecular complexity index is 459. The normalized spacial score (nSPS) is 9.89. The van der Waals surface area contributed by atoms with Crippen molar-refractivity contribution in [3.63, 3.8) is 0 Å². The van der Waals surface area contributed by atoms with Crippen LogP contribution in [0.3, 0.4) is 0 Å². The molecule has 0 aliphatic heterocycles. The molecule has 1 rings (SSSR count). The molecule has 0 heterocycles. The van der Waals surface area contributed by atoms with Gasteiger partial charge in [0.2, 0.25) is 5.91 Å². The Kier molecular flexibility index (Phi) is 4.53. The maximum absolute atomic E-state index is 11.2. The van der Waals surface area contributed by atoms with Gasteiger partial charge in [-0.05, 0) is 12.1 Å². The molecule has 2 amide bonds. The van der Waals surface area contributed by atoms with Gasteiger partial charge in [0.1, 0.15) is 0 Å². The van der Waals surface area contributed by atoms with E-state index in [0.29, 0.717) is 29.9 Å². The molecule has 0 atom stereocenters. The molecular formula is C12H18N4O2. The molecule has 0 spiro atoms. The minimum Gasteiger partial charge on any atom is -0.396 e. The summed E-state index contributed by atoms with van der Waals surface area (Å²) in [6, 6.07) is 5.07. The van der Waals surface area contributed by atoms with Gasteiger partial charge in [-0.3, -0.25) is 9.59 Å². The van der Waals surface area contributed by atoms with E-state index in [2.05, 4.69) is 5.32 Å². The monoisotopic (exact) mass is 250 g/mol. The molecule has 5 N–H and O–H groups in total. The Balaban J connectivity index is 2.86. The number of nitrogens with zero attached hydrogens (tertiary/aromatic N) is 1. The molecule has 0 radical (unpaired) electrons. The van der Waals surface area contributed by atoms with E-state index in [4.69, 9.17) is 11.5 Å². The first kappa shape index (κ1) is 13.8. The number of primary amides is 1. The molecule has 98 valence electrons. The quantitative estimate of drug-likeness (QED) is 0.637. The van der Waals surface area contributed by atoms with Crippen LogP contribution in [0, 0.1) is 0 Å². The van der Waals surface area contributed by atoms with E-state index in [1.165, 1.54) is 0 Å². The zero-order valence-electron chi connectivity index (χ0n) is 10.6. The van der Waals surface area contributed by atoms with Gasteiger partial charge in [0.15, 0.2) is 0 Å². The van der Waals surface area contributed by atoms with Gasteiger partial charge in [0.25, 0.3) is 5.91 Å². The zero-order chi connectivity index (χ0) is 13.7. The molecule has 0 aliphatic rings. The summed E-state index contributed by atoms with van der Waals surface area (Å²) in [5, 5.41) is 2.55. The van der Waals surface area contributed by atoms with Crippen LogP contribution in [0.5, 0.6) is 0 Å². The summed E-state index contributed by atoms with van der Waals surface area (Å²) in [5.41, 5.74) is 12.4. The van der Waals surface area contributed by atoms with Crippen LogP contribution in [0.1, 0.15) is 16.8 Å². The number of hydrogen-bond acceptors (Lipinski definition) is 4. The summed E-state index contributed by atoms with van der Waals surface area (Å²) in [5.74, 6) is -0.611. The molecule has 1 aromatic rings. The van der Waals surface area contributed by atoms with Crippen molar-refractivity contribution in [2.45, 2.75) is 6.42 Å². The predicted octanol–water partition coefficient (Wildman–Crippen LogP) is -0.0600. The summed E-state index contributed by atoms with van der Waals surface area (Å²) >= 11 is 0. The molecule has 0 bridgehead atoms. The number of hydrogen-bond donors (Lipinski definition) is 3. The molecule has 0 fully saturated rings. The van der Waals surface area contributed by atoms with Gasteiger partial charge in [0.05, 0.1) is 16.9 Å². The van der Waals surface area contributed by atoms with E-state index >= 15 is 0 Å². The third-order valence-corrected chi connectivity index (χ3v) is 2.71. The summed E-state index contributed by atoms with van der Waals surface area (Å²) < 4.78 is 0. The maximum Gasteiger partial charge on any atom is 0.250 e. The van der Waals surface area contributed by atoms with Crippen LogP contribution in [0.2, 0.25) is 0 Å². The van der Waals surface area contributed by atoms with Crippen molar-refractivity contribution in [3.8, 4) is 0 Å². The second-order valence-corrected chi connectivity index (χ2v) is 3.95. The Morgan fingerprint density at radius 3 is 2.61 bits per heavy atom. The fourth-order valence-corrected chi connectivity index (χ4v) is 1.62. The van der Waals surface area contributed by atoms with Gasteiger partial charge in [-0.25, -0.2) is 0 Å². The lowest BCUT2D eigenvalue weighted by molar-refractivity contribution is -0.120. The van der Waals surface area contributed by atoms with E-state index in [0.717, 1.165) is 0 Å². The number of benzene rings is 1. The van der Waals surface area contributed by atoms with Gasteiger partial charge < -0.3 is 21.7 Å². The lowest BCUT2D eigenvalue weighted by Crippen LogP contribution is -2.27. The zero-order valence-corrected chi connectivity index (χ0v) is 10.6. The molecule has 6 nitrogen and oxygen atoms in total. The average molecular weight is 250 g/mol. The van der Waals surface area contributed by atoms with Gasteiger partial charge in [-0.2, -0.15) is 0 Å². The summed E-state index contributed by atoms with van der Waals surface area (Å²) in [6.07, 6.45) is 0.354. The SMILES string of the molecule is CNC(=O)CCN(C)c1cccc(C(N)=O)c1N. The molecule has 6 heteroatoms. The fraction of sp³-hybridized carbons (Fsp3) is 0.333. The Hall–Kier alpha value is -2.24. The van der Waals surface area contributed by atoms with Gasteiger partial charge in [-0.15, -0.1) is 0 Å². The highest BCUT2D eigenvalue weighted by Gasteiger charge is 2.12. The van der Waals surface area contributed by atoms with Crippen molar-refractivity contribution < 1.29 is 9.59 Å². The van der Waals surface area contributed by atoms with Crippen molar-refractivity contribution in [1.29, 1.82) is 0 Å². The number of carbonyl (C=O) groups is 2. The predicted molar refractivity (Wildman–Crippen MR) is 71.3 cm³/mol. The summed E-state index contributed by atoms with van der Waals surface area (Å²) in [4.78, 5) is 24.1. The maximum atomic E-state index is 11.2. The topological polar surface area (TPSA) is 101 Å². The number of anilines is 2. The van der Waals surface area contributed by atoms with E-state index in [1.54, 1.807) is 32.3 Å². The van der Waals surface area contributed by atoms with Crippen molar-refractivity contribution in [3.05, 3.63) is 23.8 Å². The van der Waals surface area contributed by atoms with E-state index in [9.17, 15) is 9.59 Å². The number of rotatable bonds is 5. The third-order valence-electron chi connectivity index (χ3n) is 2.71. The number of para-hydroxylation sites is 1. The van der Waals surface area contributed by atoms with E-state index < -0.39 is 5.91 Å². The average Bonchev–Trinajstić information content (AvgIpc) is 2.35. The summed E-state index contributed by atoms with van der Waals surface area (Å²) in [6.45, 7) is 0.506. The molecular weight excluding hydrogens is 232 g/mol. The van der Waals surface area contributed by atoms with Gasteiger partial charge in [-0.1, -0.05) is 6.07 Å². The van der Waals surface area contributed by atoms with Gasteiger partial charge in [0, 0.05) is 27.1 Å². The smallest absolute Gasteiger partial charge is 0.250 e. The molecule has 1 aromatic carbocycles. The Morgan fingerprint density at radius 2 is 2.06 bits per heavy atom. The van der Waals surface area contributed by atoms with Crippen LogP contribution in [-0.2, 0) is 4.79 Å². The number of nitrogen functional groups attached to an aromatic ring is 1. The lowest BCUT2D eigenvalue weighted by atomic mass is 10.1. The second kappa shape index (κ2) is 5.90. The van der Waals surface area contributed by atoms with Crippen LogP contribution < -0.4 is 21.7 Å². The van der Waals surface area contributed by atoms with Crippen LogP contribution in [-0.4, -0.2) is 32.5 Å². The molecule has 0 unspecified atom stereocenters. The minimum absolute atomic E-state index is 0.0496. The van der Waals surface area contributed by atoms with Crippen LogP contribution in [0.25, 0.3) is 0 Å². The molecule has 0 aromatic heterocycles. The van der Waals surface area contributed by atoms with Crippen molar-refractivity contribution in [2.75, 3.05) is 31.3 Å². The highest BCUT2D eigenvalue weighted by Crippen LogP contribution is 2.25. The van der Waals surface area contributed by atoms with E-state index in [1.807, 2.05) is 4.90 Å². The standard InChI is InChI=1S/C12H18N4O2/c1-15-10(17)6-7-16(2)9-5-3-4-8(11(9)13)12(14)18/h3-5H,6-7,13H2,1-2H3,(H2,14,18)(H,15,17). The van der Waals surface area contributed by atoms with Crippen LogP contribution >= 0.6 is 0 Å². The number of amides is 2. The number of carbonyl (C=O) groups excluding carboxylic acids is 2. The van der Waals surface area contributed by atoms with Gasteiger partial charge >= 0.3 is 0 Å². The van der Waals surface area contributed by atoms with E-state index in [-0.39, 0.29) is 5.91 Å². The van der Waals surface area contributed by atoms with Crippen molar-refractivity contribution >= 4 is 23.2 Å². The molecule has 0 saturated carbocycles. The van der Waals surface area contributed by atoms with Crippen molar-refractivity contribution in [2.24, 2.45) is 5.73 Å². The van der Waals surface area contributed by atoms with Crippen LogP contribution in [0.15, 0.2) is 18.2 Å².